The first-order chi connectivity index (χ1) is 18.2. The summed E-state index contributed by atoms with van der Waals surface area (Å²) in [4.78, 5) is 40.0. The molecule has 5 aliphatic carbocycles. The molecule has 0 heterocycles. The van der Waals surface area contributed by atoms with Gasteiger partial charge in [0.25, 0.3) is 0 Å². The molecule has 5 aliphatic rings. The van der Waals surface area contributed by atoms with Gasteiger partial charge in [0.1, 0.15) is 6.07 Å². The second-order valence-electron chi connectivity index (χ2n) is 15.2. The number of allylic oxidation sites excluding steroid dienone is 4. The van der Waals surface area contributed by atoms with Crippen molar-refractivity contribution >= 4 is 17.5 Å². The Labute approximate surface area is 235 Å². The first-order valence-electron chi connectivity index (χ1n) is 15.4. The average molecular weight is 533 g/mol. The topological polar surface area (TPSA) is 87.0 Å². The van der Waals surface area contributed by atoms with Crippen LogP contribution in [0.15, 0.2) is 23.3 Å². The summed E-state index contributed by atoms with van der Waals surface area (Å²) in [5, 5.41) is 12.8. The van der Waals surface area contributed by atoms with Crippen LogP contribution >= 0.6 is 0 Å². The molecule has 0 aromatic rings. The lowest BCUT2D eigenvalue weighted by molar-refractivity contribution is -0.171. The first-order valence-corrected chi connectivity index (χ1v) is 15.4. The van der Waals surface area contributed by atoms with Crippen LogP contribution in [-0.4, -0.2) is 24.0 Å². The fraction of sp³-hybridized carbons (Fsp3) is 0.765. The molecule has 5 nitrogen and oxygen atoms in total. The molecule has 0 saturated heterocycles. The number of nitrogens with one attached hydrogen (secondary N) is 1. The lowest BCUT2D eigenvalue weighted by Gasteiger charge is -2.69. The largest absolute Gasteiger partial charge is 0.356 e. The highest BCUT2D eigenvalue weighted by atomic mass is 16.1. The Morgan fingerprint density at radius 3 is 2.41 bits per heavy atom. The minimum absolute atomic E-state index is 0.0307. The first kappa shape index (κ1) is 28.3. The average Bonchev–Trinajstić information content (AvgIpc) is 2.87. The Morgan fingerprint density at radius 1 is 1.05 bits per heavy atom. The van der Waals surface area contributed by atoms with Crippen molar-refractivity contribution in [3.63, 3.8) is 0 Å². The van der Waals surface area contributed by atoms with E-state index in [-0.39, 0.29) is 68.4 Å². The molecule has 0 radical (unpaired) electrons. The van der Waals surface area contributed by atoms with Crippen LogP contribution in [0.3, 0.4) is 0 Å². The highest BCUT2D eigenvalue weighted by Crippen LogP contribution is 2.74. The number of nitrogens with zero attached hydrogens (tertiary/aromatic N) is 1. The molecule has 39 heavy (non-hydrogen) atoms. The molecule has 1 N–H and O–H groups in total. The van der Waals surface area contributed by atoms with Crippen molar-refractivity contribution in [3.8, 4) is 6.07 Å². The number of rotatable bonds is 4. The normalized spacial score (nSPS) is 44.5. The molecule has 212 valence electrons. The molecule has 8 atom stereocenters. The quantitative estimate of drug-likeness (QED) is 0.435. The predicted octanol–water partition coefficient (Wildman–Crippen LogP) is 6.73. The molecule has 3 unspecified atom stereocenters. The zero-order valence-corrected chi connectivity index (χ0v) is 25.2. The van der Waals surface area contributed by atoms with E-state index in [1.807, 2.05) is 26.0 Å². The molecule has 0 aliphatic heterocycles. The molecule has 3 saturated carbocycles. The standard InChI is InChI=1S/C34H48N2O3/c1-8-36-27(38)10-12-34-15-13-30(3,4)19-24(34)28-25(37)17-26-31(5)18-22(20-35)29(39)21(2)23(31)9-11-32(26,6)33(28,7)14-16-34/h17-18,21,23-24,28H,8-16,19H2,1-7H3,(H,36,38)/t21-,23?,24?,28?,31-,32+,33+,34+/m0/s1. The van der Waals surface area contributed by atoms with Gasteiger partial charge in [0.2, 0.25) is 5.91 Å². The Morgan fingerprint density at radius 2 is 1.74 bits per heavy atom. The molecule has 0 aromatic heterocycles. The highest BCUT2D eigenvalue weighted by molar-refractivity contribution is 6.02. The molecular weight excluding hydrogens is 484 g/mol. The van der Waals surface area contributed by atoms with E-state index < -0.39 is 5.41 Å². The number of Topliss-reactive ketones (excluding diaryl/α,β-unsaturated/α-hetero) is 1. The van der Waals surface area contributed by atoms with Gasteiger partial charge in [-0.05, 0) is 97.9 Å². The van der Waals surface area contributed by atoms with Crippen LogP contribution in [0.5, 0.6) is 0 Å². The smallest absolute Gasteiger partial charge is 0.220 e. The van der Waals surface area contributed by atoms with Crippen molar-refractivity contribution in [1.82, 2.24) is 5.32 Å². The Balaban J connectivity index is 1.61. The summed E-state index contributed by atoms with van der Waals surface area (Å²) in [7, 11) is 0. The van der Waals surface area contributed by atoms with Crippen molar-refractivity contribution in [1.29, 1.82) is 5.26 Å². The van der Waals surface area contributed by atoms with Gasteiger partial charge >= 0.3 is 0 Å². The van der Waals surface area contributed by atoms with E-state index in [0.29, 0.717) is 13.0 Å². The van der Waals surface area contributed by atoms with E-state index in [9.17, 15) is 19.6 Å². The Hall–Kier alpha value is -2.22. The number of ketones is 2. The fourth-order valence-electron chi connectivity index (χ4n) is 10.4. The summed E-state index contributed by atoms with van der Waals surface area (Å²) in [5.41, 5.74) is 0.787. The van der Waals surface area contributed by atoms with Crippen molar-refractivity contribution in [3.05, 3.63) is 23.3 Å². The maximum absolute atomic E-state index is 14.5. The van der Waals surface area contributed by atoms with Crippen molar-refractivity contribution in [2.24, 2.45) is 50.7 Å². The molecule has 5 heteroatoms. The van der Waals surface area contributed by atoms with E-state index in [1.165, 1.54) is 0 Å². The SMILES string of the molecule is CCNC(=O)CC[C@]12CCC(C)(C)CC1C1C(=O)C=C3[C@@]4(C)C=C(C#N)C(=O)[C@@H](C)C4CC[C@@]3(C)[C@]1(C)CC2. The van der Waals surface area contributed by atoms with Crippen LogP contribution in [0.2, 0.25) is 0 Å². The van der Waals surface area contributed by atoms with Crippen LogP contribution in [0.1, 0.15) is 106 Å². The van der Waals surface area contributed by atoms with E-state index in [0.717, 1.165) is 56.9 Å². The van der Waals surface area contributed by atoms with Gasteiger partial charge in [-0.15, -0.1) is 0 Å². The molecule has 0 aromatic carbocycles. The van der Waals surface area contributed by atoms with E-state index in [1.54, 1.807) is 0 Å². The van der Waals surface area contributed by atoms with Gasteiger partial charge in [-0.1, -0.05) is 53.2 Å². The number of fused-ring (bicyclic) bond motifs is 7. The van der Waals surface area contributed by atoms with Gasteiger partial charge < -0.3 is 5.32 Å². The lowest BCUT2D eigenvalue weighted by atomic mass is 9.34. The van der Waals surface area contributed by atoms with Crippen molar-refractivity contribution in [2.75, 3.05) is 6.54 Å². The predicted molar refractivity (Wildman–Crippen MR) is 152 cm³/mol. The van der Waals surface area contributed by atoms with E-state index in [4.69, 9.17) is 0 Å². The summed E-state index contributed by atoms with van der Waals surface area (Å²) in [5.74, 6) is 0.425. The summed E-state index contributed by atoms with van der Waals surface area (Å²) < 4.78 is 0. The summed E-state index contributed by atoms with van der Waals surface area (Å²) in [6, 6.07) is 2.18. The third-order valence-electron chi connectivity index (χ3n) is 12.9. The fourth-order valence-corrected chi connectivity index (χ4v) is 10.4. The van der Waals surface area contributed by atoms with Crippen LogP contribution in [0.25, 0.3) is 0 Å². The molecule has 1 amide bonds. The zero-order valence-electron chi connectivity index (χ0n) is 25.2. The van der Waals surface area contributed by atoms with Crippen molar-refractivity contribution < 1.29 is 14.4 Å². The minimum atomic E-state index is -0.465. The van der Waals surface area contributed by atoms with Gasteiger partial charge in [-0.2, -0.15) is 5.26 Å². The van der Waals surface area contributed by atoms with Gasteiger partial charge in [0.15, 0.2) is 11.6 Å². The third-order valence-corrected chi connectivity index (χ3v) is 12.9. The van der Waals surface area contributed by atoms with E-state index in [2.05, 4.69) is 46.0 Å². The Kier molecular flexibility index (Phi) is 6.64. The second kappa shape index (κ2) is 9.15. The van der Waals surface area contributed by atoms with Gasteiger partial charge in [0.05, 0.1) is 5.57 Å². The number of hydrogen-bond acceptors (Lipinski definition) is 4. The van der Waals surface area contributed by atoms with Crippen LogP contribution in [-0.2, 0) is 14.4 Å². The van der Waals surface area contributed by atoms with Gasteiger partial charge in [-0.25, -0.2) is 0 Å². The third kappa shape index (κ3) is 3.94. The van der Waals surface area contributed by atoms with Crippen LogP contribution in [0.4, 0.5) is 0 Å². The summed E-state index contributed by atoms with van der Waals surface area (Å²) in [6.07, 6.45) is 12.5. The van der Waals surface area contributed by atoms with E-state index >= 15 is 0 Å². The number of hydrogen-bond donors (Lipinski definition) is 1. The number of carbonyl (C=O) groups is 3. The van der Waals surface area contributed by atoms with Gasteiger partial charge in [0, 0.05) is 30.2 Å². The van der Waals surface area contributed by atoms with Crippen LogP contribution < -0.4 is 5.32 Å². The lowest BCUT2D eigenvalue weighted by Crippen LogP contribution is -2.64. The van der Waals surface area contributed by atoms with Gasteiger partial charge in [-0.3, -0.25) is 14.4 Å². The molecule has 3 fully saturated rings. The van der Waals surface area contributed by atoms with Crippen molar-refractivity contribution in [2.45, 2.75) is 106 Å². The molecule has 5 rings (SSSR count). The maximum atomic E-state index is 14.5. The monoisotopic (exact) mass is 532 g/mol. The zero-order chi connectivity index (χ0) is 28.6. The number of amides is 1. The maximum Gasteiger partial charge on any atom is 0.220 e. The second-order valence-corrected chi connectivity index (χ2v) is 15.2. The minimum Gasteiger partial charge on any atom is -0.356 e. The Bertz CT molecular complexity index is 1210. The highest BCUT2D eigenvalue weighted by Gasteiger charge is 2.68. The van der Waals surface area contributed by atoms with Crippen LogP contribution in [0, 0.1) is 62.1 Å². The molecule has 0 spiro atoms. The summed E-state index contributed by atoms with van der Waals surface area (Å²) in [6.45, 7) is 16.2. The number of carbonyl (C=O) groups excluding carboxylic acids is 3. The molecular formula is C34H48N2O3. The number of nitriles is 1. The summed E-state index contributed by atoms with van der Waals surface area (Å²) >= 11 is 0. The molecule has 0 bridgehead atoms.